The fourth-order valence-electron chi connectivity index (χ4n) is 4.95. The number of piperidine rings is 1. The van der Waals surface area contributed by atoms with Crippen molar-refractivity contribution in [1.82, 2.24) is 35.1 Å². The second kappa shape index (κ2) is 6.84. The zero-order valence-electron chi connectivity index (χ0n) is 16.8. The lowest BCUT2D eigenvalue weighted by Gasteiger charge is -2.51. The third kappa shape index (κ3) is 2.83. The maximum absolute atomic E-state index is 15.4. The number of aromatic nitrogens is 6. The molecule has 1 spiro atoms. The van der Waals surface area contributed by atoms with Crippen LogP contribution in [-0.4, -0.2) is 53.1 Å². The predicted octanol–water partition coefficient (Wildman–Crippen LogP) is 3.18. The monoisotopic (exact) mass is 419 g/mol. The minimum Gasteiger partial charge on any atom is -0.507 e. The Bertz CT molecular complexity index is 1250. The molecule has 1 saturated heterocycles. The molecule has 4 heterocycles. The fraction of sp³-hybridized carbons (Fsp3) is 0.364. The van der Waals surface area contributed by atoms with Crippen LogP contribution >= 0.6 is 0 Å². The third-order valence-corrected chi connectivity index (χ3v) is 6.79. The van der Waals surface area contributed by atoms with Crippen molar-refractivity contribution >= 4 is 11.0 Å². The van der Waals surface area contributed by atoms with Crippen LogP contribution in [0.25, 0.3) is 28.0 Å². The zero-order valence-corrected chi connectivity index (χ0v) is 16.8. The second-order valence-electron chi connectivity index (χ2n) is 8.47. The molecular formula is C22H22FN7O. The number of hydrogen-bond donors (Lipinski definition) is 2. The first-order valence-corrected chi connectivity index (χ1v) is 10.6. The number of nitrogens with zero attached hydrogens (tertiary/aromatic N) is 6. The molecule has 0 bridgehead atoms. The van der Waals surface area contributed by atoms with Gasteiger partial charge in [-0.2, -0.15) is 0 Å². The molecule has 1 unspecified atom stereocenters. The Labute approximate surface area is 177 Å². The highest BCUT2D eigenvalue weighted by Gasteiger charge is 2.50. The molecule has 2 aliphatic rings. The molecule has 2 fully saturated rings. The van der Waals surface area contributed by atoms with Gasteiger partial charge in [-0.05, 0) is 56.5 Å². The first kappa shape index (κ1) is 18.4. The van der Waals surface area contributed by atoms with Crippen LogP contribution in [0.5, 0.6) is 5.75 Å². The average molecular weight is 419 g/mol. The van der Waals surface area contributed by atoms with Gasteiger partial charge in [0.05, 0.1) is 35.4 Å². The number of nitrogens with one attached hydrogen (secondary N) is 1. The molecule has 2 atom stereocenters. The van der Waals surface area contributed by atoms with Gasteiger partial charge in [-0.3, -0.25) is 0 Å². The van der Waals surface area contributed by atoms with Crippen molar-refractivity contribution in [3.8, 4) is 22.7 Å². The summed E-state index contributed by atoms with van der Waals surface area (Å²) in [5.41, 5.74) is 2.13. The summed E-state index contributed by atoms with van der Waals surface area (Å²) < 4.78 is 18.9. The molecule has 158 valence electrons. The number of hydrogen-bond acceptors (Lipinski definition) is 6. The zero-order chi connectivity index (χ0) is 21.0. The van der Waals surface area contributed by atoms with Gasteiger partial charge in [-0.25, -0.2) is 9.07 Å². The SMILES string of the molecule is Oc1cc(-n2ccnn2)ccc1-c1cc2ccn(C3CCNC4(CCC4)[C@@H]3F)c2nn1. The van der Waals surface area contributed by atoms with Crippen LogP contribution in [0.15, 0.2) is 48.9 Å². The Morgan fingerprint density at radius 1 is 1.13 bits per heavy atom. The van der Waals surface area contributed by atoms with Crippen LogP contribution in [0.4, 0.5) is 4.39 Å². The van der Waals surface area contributed by atoms with Crippen molar-refractivity contribution in [2.75, 3.05) is 6.54 Å². The van der Waals surface area contributed by atoms with Gasteiger partial charge in [-0.1, -0.05) is 5.21 Å². The van der Waals surface area contributed by atoms with Crippen molar-refractivity contribution in [2.24, 2.45) is 0 Å². The summed E-state index contributed by atoms with van der Waals surface area (Å²) in [5, 5.41) is 31.3. The second-order valence-corrected chi connectivity index (χ2v) is 8.47. The van der Waals surface area contributed by atoms with E-state index in [1.165, 1.54) is 0 Å². The van der Waals surface area contributed by atoms with Crippen LogP contribution in [0, 0.1) is 0 Å². The van der Waals surface area contributed by atoms with Gasteiger partial charge >= 0.3 is 0 Å². The highest BCUT2D eigenvalue weighted by atomic mass is 19.1. The molecule has 1 saturated carbocycles. The van der Waals surface area contributed by atoms with Crippen molar-refractivity contribution in [2.45, 2.75) is 43.4 Å². The highest BCUT2D eigenvalue weighted by molar-refractivity contribution is 5.81. The van der Waals surface area contributed by atoms with E-state index in [1.807, 2.05) is 29.0 Å². The lowest BCUT2D eigenvalue weighted by atomic mass is 9.69. The van der Waals surface area contributed by atoms with E-state index in [4.69, 9.17) is 0 Å². The molecule has 2 N–H and O–H groups in total. The molecule has 3 aromatic heterocycles. The number of benzene rings is 1. The van der Waals surface area contributed by atoms with E-state index in [2.05, 4.69) is 25.8 Å². The summed E-state index contributed by atoms with van der Waals surface area (Å²) in [7, 11) is 0. The van der Waals surface area contributed by atoms with Crippen molar-refractivity contribution in [3.63, 3.8) is 0 Å². The largest absolute Gasteiger partial charge is 0.507 e. The Balaban J connectivity index is 1.34. The maximum atomic E-state index is 15.4. The normalized spacial score (nSPS) is 22.6. The minimum atomic E-state index is -0.944. The Hall–Kier alpha value is -3.33. The number of phenolic OH excluding ortho intramolecular Hbond substituents is 1. The van der Waals surface area contributed by atoms with E-state index in [1.54, 1.807) is 29.2 Å². The maximum Gasteiger partial charge on any atom is 0.162 e. The lowest BCUT2D eigenvalue weighted by Crippen LogP contribution is -2.63. The standard InChI is InChI=1S/C22H22FN7O/c23-20-18(4-8-24-22(20)6-1-7-22)29-10-5-14-12-17(26-27-21(14)29)16-3-2-15(13-19(16)31)30-11-9-25-28-30/h2-3,5,9-13,18,20,24,31H,1,4,6-8H2/t18?,20-/m1/s1. The summed E-state index contributed by atoms with van der Waals surface area (Å²) in [4.78, 5) is 0. The molecule has 4 aromatic rings. The summed E-state index contributed by atoms with van der Waals surface area (Å²) in [6.07, 6.45) is 7.83. The van der Waals surface area contributed by atoms with Gasteiger partial charge in [0.2, 0.25) is 0 Å². The van der Waals surface area contributed by atoms with E-state index < -0.39 is 6.17 Å². The number of phenols is 1. The average Bonchev–Trinajstić information content (AvgIpc) is 3.42. The summed E-state index contributed by atoms with van der Waals surface area (Å²) in [6.45, 7) is 0.808. The minimum absolute atomic E-state index is 0.0789. The van der Waals surface area contributed by atoms with Crippen LogP contribution < -0.4 is 5.32 Å². The van der Waals surface area contributed by atoms with E-state index in [-0.39, 0.29) is 17.3 Å². The Kier molecular flexibility index (Phi) is 4.07. The van der Waals surface area contributed by atoms with Gasteiger partial charge in [0.15, 0.2) is 5.65 Å². The Morgan fingerprint density at radius 2 is 2.03 bits per heavy atom. The number of rotatable bonds is 3. The van der Waals surface area contributed by atoms with Gasteiger partial charge in [-0.15, -0.1) is 15.3 Å². The topological polar surface area (TPSA) is 93.7 Å². The van der Waals surface area contributed by atoms with Crippen LogP contribution in [-0.2, 0) is 0 Å². The molecule has 9 heteroatoms. The Morgan fingerprint density at radius 3 is 2.77 bits per heavy atom. The quantitative estimate of drug-likeness (QED) is 0.530. The van der Waals surface area contributed by atoms with Gasteiger partial charge < -0.3 is 15.0 Å². The molecule has 0 radical (unpaired) electrons. The summed E-state index contributed by atoms with van der Waals surface area (Å²) >= 11 is 0. The lowest BCUT2D eigenvalue weighted by molar-refractivity contribution is 0.00656. The number of fused-ring (bicyclic) bond motifs is 1. The van der Waals surface area contributed by atoms with Gasteiger partial charge in [0.25, 0.3) is 0 Å². The first-order valence-electron chi connectivity index (χ1n) is 10.6. The van der Waals surface area contributed by atoms with Crippen molar-refractivity contribution in [1.29, 1.82) is 0 Å². The van der Waals surface area contributed by atoms with Crippen molar-refractivity contribution < 1.29 is 9.50 Å². The molecule has 6 rings (SSSR count). The van der Waals surface area contributed by atoms with Crippen LogP contribution in [0.3, 0.4) is 0 Å². The van der Waals surface area contributed by atoms with E-state index in [0.29, 0.717) is 22.6 Å². The number of alkyl halides is 1. The third-order valence-electron chi connectivity index (χ3n) is 6.79. The molecule has 1 aliphatic heterocycles. The molecule has 1 aromatic carbocycles. The molecule has 1 aliphatic carbocycles. The highest BCUT2D eigenvalue weighted by Crippen LogP contribution is 2.44. The van der Waals surface area contributed by atoms with Crippen LogP contribution in [0.1, 0.15) is 31.7 Å². The molecule has 0 amide bonds. The predicted molar refractivity (Wildman–Crippen MR) is 113 cm³/mol. The number of halogens is 1. The molecular weight excluding hydrogens is 397 g/mol. The van der Waals surface area contributed by atoms with E-state index in [0.717, 1.165) is 37.6 Å². The number of aromatic hydroxyl groups is 1. The van der Waals surface area contributed by atoms with E-state index in [9.17, 15) is 5.11 Å². The van der Waals surface area contributed by atoms with Gasteiger partial charge in [0, 0.05) is 23.2 Å². The first-order chi connectivity index (χ1) is 15.1. The summed E-state index contributed by atoms with van der Waals surface area (Å²) in [6, 6.07) is 8.81. The molecule has 31 heavy (non-hydrogen) atoms. The fourth-order valence-corrected chi connectivity index (χ4v) is 4.95. The van der Waals surface area contributed by atoms with Crippen LogP contribution in [0.2, 0.25) is 0 Å². The van der Waals surface area contributed by atoms with Crippen molar-refractivity contribution in [3.05, 3.63) is 48.9 Å². The molecule has 8 nitrogen and oxygen atoms in total. The van der Waals surface area contributed by atoms with Gasteiger partial charge in [0.1, 0.15) is 11.9 Å². The summed E-state index contributed by atoms with van der Waals surface area (Å²) in [5.74, 6) is 0.0789. The van der Waals surface area contributed by atoms with E-state index >= 15 is 4.39 Å². The smallest absolute Gasteiger partial charge is 0.162 e.